The molecule has 0 N–H and O–H groups in total. The second kappa shape index (κ2) is 17.2. The van der Waals surface area contributed by atoms with Gasteiger partial charge in [0.1, 0.15) is 0 Å². The van der Waals surface area contributed by atoms with Crippen LogP contribution in [0, 0.1) is 11.2 Å². The standard InChI is InChI=1S/C34H40FN3OS2.2C2H6.CH4/c1-34(2)14-12-24(13-15-34)40-25-8-10-27-28-11-9-26(21-30(28)33(39)29(27)20-25)41-38-18-16-37(17-19-38)31-7-5-6-23(32(31)35)22-36(3)4;2*1-2;/h5-11,20-21,24H,12-19,22H2,1-4H3;2*1-2H3;1H4. The molecule has 1 saturated carbocycles. The van der Waals surface area contributed by atoms with Crippen LogP contribution in [0.15, 0.2) is 64.4 Å². The molecule has 0 unspecified atom stereocenters. The fourth-order valence-electron chi connectivity index (χ4n) is 6.29. The van der Waals surface area contributed by atoms with Gasteiger partial charge in [-0.1, -0.05) is 73.2 Å². The van der Waals surface area contributed by atoms with Gasteiger partial charge < -0.3 is 9.80 Å². The number of anilines is 1. The summed E-state index contributed by atoms with van der Waals surface area (Å²) >= 11 is 3.65. The minimum atomic E-state index is -0.108. The summed E-state index contributed by atoms with van der Waals surface area (Å²) in [4.78, 5) is 19.9. The SMILES string of the molecule is C.CC.CC.CN(C)Cc1cccc(N2CCN(Sc3ccc4c(c3)C(=O)c3cc(SC5CCC(C)(C)CC5)ccc3-4)CC2)c1F. The number of halogens is 1. The number of nitrogens with zero attached hydrogens (tertiary/aromatic N) is 3. The van der Waals surface area contributed by atoms with Gasteiger partial charge in [-0.15, -0.1) is 11.8 Å². The van der Waals surface area contributed by atoms with E-state index in [0.717, 1.165) is 58.9 Å². The second-order valence-corrected chi connectivity index (χ2v) is 15.3. The lowest BCUT2D eigenvalue weighted by atomic mass is 9.77. The van der Waals surface area contributed by atoms with Crippen molar-refractivity contribution in [2.45, 2.75) is 96.2 Å². The Morgan fingerprint density at radius 3 is 1.98 bits per heavy atom. The van der Waals surface area contributed by atoms with E-state index in [1.165, 1.54) is 30.6 Å². The van der Waals surface area contributed by atoms with Crippen molar-refractivity contribution in [3.05, 3.63) is 77.1 Å². The van der Waals surface area contributed by atoms with Crippen LogP contribution < -0.4 is 4.90 Å². The van der Waals surface area contributed by atoms with Gasteiger partial charge in [-0.05, 0) is 98.6 Å². The maximum absolute atomic E-state index is 15.2. The van der Waals surface area contributed by atoms with Crippen LogP contribution >= 0.6 is 23.7 Å². The molecule has 0 amide bonds. The lowest BCUT2D eigenvalue weighted by molar-refractivity contribution is 0.104. The van der Waals surface area contributed by atoms with E-state index in [1.54, 1.807) is 11.9 Å². The number of rotatable bonds is 7. The monoisotopic (exact) mass is 665 g/mol. The Morgan fingerprint density at radius 1 is 0.826 bits per heavy atom. The van der Waals surface area contributed by atoms with Crippen molar-refractivity contribution in [1.82, 2.24) is 9.21 Å². The predicted molar refractivity (Wildman–Crippen MR) is 200 cm³/mol. The van der Waals surface area contributed by atoms with Crippen LogP contribution in [-0.4, -0.2) is 60.5 Å². The number of piperazine rings is 1. The zero-order valence-electron chi connectivity index (χ0n) is 28.6. The van der Waals surface area contributed by atoms with Gasteiger partial charge in [0.25, 0.3) is 0 Å². The topological polar surface area (TPSA) is 26.8 Å². The van der Waals surface area contributed by atoms with Crippen molar-refractivity contribution in [1.29, 1.82) is 0 Å². The molecule has 4 nitrogen and oxygen atoms in total. The van der Waals surface area contributed by atoms with Crippen LogP contribution in [0.3, 0.4) is 0 Å². The molecule has 3 aromatic rings. The fourth-order valence-corrected chi connectivity index (χ4v) is 8.43. The summed E-state index contributed by atoms with van der Waals surface area (Å²) in [7, 11) is 3.92. The van der Waals surface area contributed by atoms with Crippen LogP contribution in [0.25, 0.3) is 11.1 Å². The zero-order valence-corrected chi connectivity index (χ0v) is 30.2. The van der Waals surface area contributed by atoms with E-state index >= 15 is 4.39 Å². The molecular formula is C39H56FN3OS2. The van der Waals surface area contributed by atoms with Crippen molar-refractivity contribution in [3.63, 3.8) is 0 Å². The Kier molecular flexibility index (Phi) is 14.2. The summed E-state index contributed by atoms with van der Waals surface area (Å²) in [6.07, 6.45) is 5.04. The van der Waals surface area contributed by atoms with Crippen LogP contribution in [0.2, 0.25) is 0 Å². The fraction of sp³-hybridized carbons (Fsp3) is 0.513. The first kappa shape index (κ1) is 38.1. The van der Waals surface area contributed by atoms with Gasteiger partial charge in [0, 0.05) is 64.5 Å². The molecule has 1 aliphatic heterocycles. The zero-order chi connectivity index (χ0) is 32.7. The molecule has 6 rings (SSSR count). The van der Waals surface area contributed by atoms with Crippen LogP contribution in [0.5, 0.6) is 0 Å². The Morgan fingerprint density at radius 2 is 1.39 bits per heavy atom. The minimum Gasteiger partial charge on any atom is -0.367 e. The van der Waals surface area contributed by atoms with Gasteiger partial charge in [-0.2, -0.15) is 0 Å². The van der Waals surface area contributed by atoms with Crippen molar-refractivity contribution in [2.75, 3.05) is 45.2 Å². The summed E-state index contributed by atoms with van der Waals surface area (Å²) in [6, 6.07) is 18.5. The Balaban J connectivity index is 0.00000111. The van der Waals surface area contributed by atoms with Crippen molar-refractivity contribution in [2.24, 2.45) is 5.41 Å². The second-order valence-electron chi connectivity index (χ2n) is 12.7. The third-order valence-electron chi connectivity index (χ3n) is 8.71. The first-order valence-corrected chi connectivity index (χ1v) is 18.4. The number of ketones is 1. The first-order chi connectivity index (χ1) is 21.7. The summed E-state index contributed by atoms with van der Waals surface area (Å²) in [5, 5.41) is 0.641. The Labute approximate surface area is 287 Å². The third-order valence-corrected chi connectivity index (χ3v) is 11.1. The maximum Gasteiger partial charge on any atom is 0.194 e. The molecule has 1 saturated heterocycles. The van der Waals surface area contributed by atoms with Crippen molar-refractivity contribution in [3.8, 4) is 11.1 Å². The predicted octanol–water partition coefficient (Wildman–Crippen LogP) is 10.7. The number of fused-ring (bicyclic) bond motifs is 3. The van der Waals surface area contributed by atoms with E-state index in [9.17, 15) is 4.79 Å². The van der Waals surface area contributed by atoms with Gasteiger partial charge in [-0.25, -0.2) is 8.70 Å². The molecule has 0 aromatic heterocycles. The van der Waals surface area contributed by atoms with E-state index in [0.29, 0.717) is 22.9 Å². The van der Waals surface area contributed by atoms with Gasteiger partial charge in [0.2, 0.25) is 0 Å². The third kappa shape index (κ3) is 8.97. The Hall–Kier alpha value is -2.32. The van der Waals surface area contributed by atoms with Crippen molar-refractivity contribution < 1.29 is 9.18 Å². The smallest absolute Gasteiger partial charge is 0.194 e. The summed E-state index contributed by atoms with van der Waals surface area (Å²) in [5.41, 5.74) is 5.65. The van der Waals surface area contributed by atoms with E-state index in [2.05, 4.69) is 59.5 Å². The highest BCUT2D eigenvalue weighted by molar-refractivity contribution is 8.00. The number of carbonyl (C=O) groups is 1. The number of carbonyl (C=O) groups excluding carboxylic acids is 1. The number of hydrogen-bond acceptors (Lipinski definition) is 6. The molecule has 0 bridgehead atoms. The highest BCUT2D eigenvalue weighted by Gasteiger charge is 2.30. The molecule has 0 radical (unpaired) electrons. The van der Waals surface area contributed by atoms with Gasteiger partial charge in [0.15, 0.2) is 11.6 Å². The number of benzene rings is 3. The van der Waals surface area contributed by atoms with Crippen LogP contribution in [0.1, 0.15) is 96.1 Å². The van der Waals surface area contributed by atoms with E-state index in [4.69, 9.17) is 0 Å². The normalized spacial score (nSPS) is 17.3. The van der Waals surface area contributed by atoms with E-state index in [-0.39, 0.29) is 19.0 Å². The average molecular weight is 666 g/mol. The van der Waals surface area contributed by atoms with Gasteiger partial charge in [-0.3, -0.25) is 4.79 Å². The molecule has 1 heterocycles. The number of hydrogen-bond donors (Lipinski definition) is 0. The first-order valence-electron chi connectivity index (χ1n) is 16.8. The highest BCUT2D eigenvalue weighted by atomic mass is 32.2. The van der Waals surface area contributed by atoms with Gasteiger partial charge in [0.05, 0.1) is 5.69 Å². The van der Waals surface area contributed by atoms with Crippen molar-refractivity contribution >= 4 is 35.2 Å². The Bertz CT molecular complexity index is 1440. The largest absolute Gasteiger partial charge is 0.367 e. The minimum absolute atomic E-state index is 0. The van der Waals surface area contributed by atoms with Crippen LogP contribution in [0.4, 0.5) is 10.1 Å². The quantitative estimate of drug-likeness (QED) is 0.182. The lowest BCUT2D eigenvalue weighted by Crippen LogP contribution is -2.43. The van der Waals surface area contributed by atoms with E-state index < -0.39 is 0 Å². The summed E-state index contributed by atoms with van der Waals surface area (Å²) in [5.74, 6) is 0.0332. The molecule has 0 atom stereocenters. The molecular weight excluding hydrogens is 610 g/mol. The summed E-state index contributed by atoms with van der Waals surface area (Å²) in [6.45, 7) is 16.5. The number of thioether (sulfide) groups is 1. The summed E-state index contributed by atoms with van der Waals surface area (Å²) < 4.78 is 17.5. The molecule has 3 aliphatic rings. The molecule has 3 aromatic carbocycles. The van der Waals surface area contributed by atoms with Gasteiger partial charge >= 0.3 is 0 Å². The maximum atomic E-state index is 15.2. The highest BCUT2D eigenvalue weighted by Crippen LogP contribution is 2.44. The van der Waals surface area contributed by atoms with Crippen LogP contribution in [-0.2, 0) is 6.54 Å². The molecule has 7 heteroatoms. The molecule has 0 spiro atoms. The molecule has 2 fully saturated rings. The molecule has 46 heavy (non-hydrogen) atoms. The molecule has 252 valence electrons. The average Bonchev–Trinajstić information content (AvgIpc) is 3.32. The van der Waals surface area contributed by atoms with E-state index in [1.807, 2.05) is 76.7 Å². The lowest BCUT2D eigenvalue weighted by Gasteiger charge is -2.35. The molecule has 2 aliphatic carbocycles.